The van der Waals surface area contributed by atoms with Crippen LogP contribution in [-0.2, 0) is 11.2 Å². The van der Waals surface area contributed by atoms with Crippen LogP contribution < -0.4 is 5.01 Å². The van der Waals surface area contributed by atoms with Gasteiger partial charge in [-0.1, -0.05) is 67.9 Å². The van der Waals surface area contributed by atoms with Gasteiger partial charge >= 0.3 is 5.97 Å². The summed E-state index contributed by atoms with van der Waals surface area (Å²) in [6, 6.07) is 20.9. The number of carbonyl (C=O) groups is 2. The fourth-order valence-corrected chi connectivity index (χ4v) is 3.40. The normalized spacial score (nSPS) is 11.5. The van der Waals surface area contributed by atoms with Crippen molar-refractivity contribution in [1.29, 1.82) is 0 Å². The van der Waals surface area contributed by atoms with Gasteiger partial charge in [-0.3, -0.25) is 4.79 Å². The lowest BCUT2D eigenvalue weighted by atomic mass is 10.00. The highest BCUT2D eigenvalue weighted by Crippen LogP contribution is 2.28. The maximum absolute atomic E-state index is 12.8. The van der Waals surface area contributed by atoms with E-state index in [9.17, 15) is 19.6 Å². The number of unbranched alkanes of at least 4 members (excludes halogenated alkanes) is 1. The highest BCUT2D eigenvalue weighted by Gasteiger charge is 2.29. The van der Waals surface area contributed by atoms with Crippen molar-refractivity contribution in [3.8, 4) is 0 Å². The lowest BCUT2D eigenvalue weighted by Crippen LogP contribution is -2.29. The molecule has 6 nitrogen and oxygen atoms in total. The molecule has 1 N–H and O–H groups in total. The predicted molar refractivity (Wildman–Crippen MR) is 120 cm³/mol. The summed E-state index contributed by atoms with van der Waals surface area (Å²) in [6.07, 6.45) is 3.21. The Morgan fingerprint density at radius 1 is 0.903 bits per heavy atom. The molecule has 3 aromatic carbocycles. The zero-order valence-electron chi connectivity index (χ0n) is 17.3. The van der Waals surface area contributed by atoms with Crippen molar-refractivity contribution in [3.63, 3.8) is 0 Å². The van der Waals surface area contributed by atoms with Crippen LogP contribution in [0.5, 0.6) is 0 Å². The number of benzene rings is 3. The maximum Gasteiger partial charge on any atom is 0.333 e. The Bertz CT molecular complexity index is 1030. The molecule has 6 heteroatoms. The van der Waals surface area contributed by atoms with Crippen LogP contribution in [-0.4, -0.2) is 16.9 Å². The van der Waals surface area contributed by atoms with Gasteiger partial charge < -0.3 is 5.11 Å². The second-order valence-electron chi connectivity index (χ2n) is 7.25. The Kier molecular flexibility index (Phi) is 7.27. The Morgan fingerprint density at radius 3 is 2.00 bits per heavy atom. The first kappa shape index (κ1) is 21.9. The number of hydrogen-bond acceptors (Lipinski definition) is 4. The molecule has 0 aromatic heterocycles. The highest BCUT2D eigenvalue weighted by molar-refractivity contribution is 6.09. The number of aliphatic carboxylic acids is 1. The van der Waals surface area contributed by atoms with Crippen LogP contribution in [0.25, 0.3) is 0 Å². The van der Waals surface area contributed by atoms with Crippen molar-refractivity contribution in [2.24, 2.45) is 5.29 Å². The zero-order chi connectivity index (χ0) is 22.2. The van der Waals surface area contributed by atoms with Crippen LogP contribution >= 0.6 is 0 Å². The molecule has 0 aliphatic heterocycles. The summed E-state index contributed by atoms with van der Waals surface area (Å²) in [4.78, 5) is 36.1. The topological polar surface area (TPSA) is 87.0 Å². The summed E-state index contributed by atoms with van der Waals surface area (Å²) in [5, 5.41) is 13.5. The first-order chi connectivity index (χ1) is 15.0. The first-order valence-electron chi connectivity index (χ1n) is 10.2. The van der Waals surface area contributed by atoms with E-state index in [-0.39, 0.29) is 11.5 Å². The standard InChI is InChI=1S/C25H24N2O4/c1-2-3-7-18-10-12-20(13-11-18)24(28)21-14-16-22(17-15-21)27(26-31)23(25(29)30)19-8-5-4-6-9-19/h4-6,8-17,23H,2-3,7H2,1H3,(H,29,30). The molecule has 0 fully saturated rings. The molecule has 0 amide bonds. The van der Waals surface area contributed by atoms with Gasteiger partial charge in [-0.2, -0.15) is 0 Å². The molecule has 0 aliphatic carbocycles. The number of aryl methyl sites for hydroxylation is 1. The maximum atomic E-state index is 12.8. The van der Waals surface area contributed by atoms with Crippen molar-refractivity contribution >= 4 is 17.4 Å². The van der Waals surface area contributed by atoms with Crippen molar-refractivity contribution < 1.29 is 14.7 Å². The largest absolute Gasteiger partial charge is 0.479 e. The molecular weight excluding hydrogens is 392 g/mol. The number of carboxylic acid groups (broad SMARTS) is 1. The summed E-state index contributed by atoms with van der Waals surface area (Å²) < 4.78 is 0. The van der Waals surface area contributed by atoms with E-state index in [0.717, 1.165) is 24.3 Å². The van der Waals surface area contributed by atoms with E-state index in [1.54, 1.807) is 42.5 Å². The highest BCUT2D eigenvalue weighted by atomic mass is 16.4. The third kappa shape index (κ3) is 5.22. The van der Waals surface area contributed by atoms with E-state index in [1.807, 2.05) is 24.3 Å². The van der Waals surface area contributed by atoms with Gasteiger partial charge in [0.25, 0.3) is 0 Å². The third-order valence-corrected chi connectivity index (χ3v) is 5.11. The minimum Gasteiger partial charge on any atom is -0.479 e. The number of ketones is 1. The minimum atomic E-state index is -1.27. The molecule has 0 radical (unpaired) electrons. The molecule has 3 aromatic rings. The van der Waals surface area contributed by atoms with Crippen LogP contribution in [0.1, 0.15) is 52.9 Å². The van der Waals surface area contributed by atoms with E-state index < -0.39 is 12.0 Å². The molecule has 3 rings (SSSR count). The summed E-state index contributed by atoms with van der Waals surface area (Å²) >= 11 is 0. The van der Waals surface area contributed by atoms with E-state index in [2.05, 4.69) is 12.2 Å². The molecule has 0 heterocycles. The van der Waals surface area contributed by atoms with Gasteiger partial charge in [-0.15, -0.1) is 4.91 Å². The second kappa shape index (κ2) is 10.3. The van der Waals surface area contributed by atoms with Crippen molar-refractivity contribution in [3.05, 3.63) is 106 Å². The molecule has 0 bridgehead atoms. The molecule has 1 atom stereocenters. The van der Waals surface area contributed by atoms with Gasteiger partial charge in [0.2, 0.25) is 0 Å². The van der Waals surface area contributed by atoms with Gasteiger partial charge in [0.15, 0.2) is 11.8 Å². The lowest BCUT2D eigenvalue weighted by Gasteiger charge is -2.23. The Morgan fingerprint density at radius 2 is 1.48 bits per heavy atom. The van der Waals surface area contributed by atoms with Gasteiger partial charge in [-0.05, 0) is 48.2 Å². The summed E-state index contributed by atoms with van der Waals surface area (Å²) in [6.45, 7) is 2.14. The molecule has 158 valence electrons. The summed E-state index contributed by atoms with van der Waals surface area (Å²) in [7, 11) is 0. The Hall–Kier alpha value is -3.80. The van der Waals surface area contributed by atoms with Crippen LogP contribution in [0.3, 0.4) is 0 Å². The van der Waals surface area contributed by atoms with Crippen LogP contribution in [0.15, 0.2) is 84.1 Å². The second-order valence-corrected chi connectivity index (χ2v) is 7.25. The first-order valence-corrected chi connectivity index (χ1v) is 10.2. The molecule has 0 aliphatic rings. The number of carboxylic acids is 1. The molecule has 0 saturated carbocycles. The molecule has 31 heavy (non-hydrogen) atoms. The van der Waals surface area contributed by atoms with Crippen molar-refractivity contribution in [2.75, 3.05) is 5.01 Å². The van der Waals surface area contributed by atoms with E-state index >= 15 is 0 Å². The SMILES string of the molecule is CCCCc1ccc(C(=O)c2ccc(N(N=O)C(C(=O)O)c3ccccc3)cc2)cc1. The molecule has 0 spiro atoms. The van der Waals surface area contributed by atoms with Gasteiger partial charge in [0.1, 0.15) is 0 Å². The number of hydrogen-bond donors (Lipinski definition) is 1. The van der Waals surface area contributed by atoms with Crippen LogP contribution in [0, 0.1) is 4.91 Å². The fourth-order valence-electron chi connectivity index (χ4n) is 3.40. The predicted octanol–water partition coefficient (Wildman–Crippen LogP) is 5.57. The minimum absolute atomic E-state index is 0.142. The number of nitroso groups, excluding NO2 is 1. The summed E-state index contributed by atoms with van der Waals surface area (Å²) in [5.74, 6) is -1.34. The Balaban J connectivity index is 1.81. The zero-order valence-corrected chi connectivity index (χ0v) is 17.3. The molecule has 1 unspecified atom stereocenters. The van der Waals surface area contributed by atoms with E-state index in [0.29, 0.717) is 16.7 Å². The van der Waals surface area contributed by atoms with Crippen LogP contribution in [0.4, 0.5) is 5.69 Å². The Labute approximate surface area is 181 Å². The fraction of sp³-hybridized carbons (Fsp3) is 0.200. The number of anilines is 1. The molecule has 0 saturated heterocycles. The number of nitrogens with zero attached hydrogens (tertiary/aromatic N) is 2. The van der Waals surface area contributed by atoms with Gasteiger partial charge in [-0.25, -0.2) is 9.80 Å². The number of rotatable bonds is 10. The summed E-state index contributed by atoms with van der Waals surface area (Å²) in [5.41, 5.74) is 2.94. The van der Waals surface area contributed by atoms with Crippen molar-refractivity contribution in [2.45, 2.75) is 32.2 Å². The average Bonchev–Trinajstić information content (AvgIpc) is 2.81. The van der Waals surface area contributed by atoms with Crippen LogP contribution in [0.2, 0.25) is 0 Å². The monoisotopic (exact) mass is 416 g/mol. The van der Waals surface area contributed by atoms with E-state index in [1.165, 1.54) is 17.7 Å². The van der Waals surface area contributed by atoms with Gasteiger partial charge in [0, 0.05) is 11.1 Å². The quantitative estimate of drug-likeness (QED) is 0.265. The number of carbonyl (C=O) groups excluding carboxylic acids is 1. The average molecular weight is 416 g/mol. The smallest absolute Gasteiger partial charge is 0.333 e. The third-order valence-electron chi connectivity index (χ3n) is 5.11. The van der Waals surface area contributed by atoms with E-state index in [4.69, 9.17) is 0 Å². The van der Waals surface area contributed by atoms with Crippen molar-refractivity contribution in [1.82, 2.24) is 0 Å². The molecular formula is C25H24N2O4. The lowest BCUT2D eigenvalue weighted by molar-refractivity contribution is -0.138. The van der Waals surface area contributed by atoms with Gasteiger partial charge in [0.05, 0.1) is 11.0 Å².